The predicted octanol–water partition coefficient (Wildman–Crippen LogP) is 3.36. The fourth-order valence-corrected chi connectivity index (χ4v) is 2.81. The second-order valence-electron chi connectivity index (χ2n) is 5.07. The molecule has 0 saturated carbocycles. The van der Waals surface area contributed by atoms with E-state index in [0.29, 0.717) is 35.6 Å². The molecule has 1 aliphatic rings. The lowest BCUT2D eigenvalue weighted by Gasteiger charge is -2.36. The minimum Gasteiger partial charge on any atom is -0.349 e. The van der Waals surface area contributed by atoms with Gasteiger partial charge in [0.25, 0.3) is 0 Å². The monoisotopic (exact) mass is 285 g/mol. The highest BCUT2D eigenvalue weighted by Crippen LogP contribution is 2.34. The molecule has 106 valence electrons. The summed E-state index contributed by atoms with van der Waals surface area (Å²) in [5.74, 6) is -0.411. The van der Waals surface area contributed by atoms with Gasteiger partial charge in [-0.05, 0) is 42.7 Å². The first-order chi connectivity index (χ1) is 10.1. The number of nitrogens with zero attached hydrogens (tertiary/aromatic N) is 3. The summed E-state index contributed by atoms with van der Waals surface area (Å²) >= 11 is 0. The highest BCUT2D eigenvalue weighted by molar-refractivity contribution is 5.48. The van der Waals surface area contributed by atoms with E-state index in [1.807, 2.05) is 17.9 Å². The number of hydrogen-bond donors (Lipinski definition) is 0. The van der Waals surface area contributed by atoms with Crippen LogP contribution in [0.25, 0.3) is 0 Å². The number of fused-ring (bicyclic) bond motifs is 1. The first-order valence-corrected chi connectivity index (χ1v) is 6.72. The van der Waals surface area contributed by atoms with E-state index in [9.17, 15) is 8.78 Å². The molecule has 2 heterocycles. The first-order valence-electron chi connectivity index (χ1n) is 6.72. The molecule has 1 unspecified atom stereocenters. The van der Waals surface area contributed by atoms with Crippen molar-refractivity contribution >= 4 is 5.82 Å². The van der Waals surface area contributed by atoms with Gasteiger partial charge in [-0.3, -0.25) is 0 Å². The van der Waals surface area contributed by atoms with Crippen molar-refractivity contribution in [1.29, 1.82) is 5.26 Å². The maximum Gasteiger partial charge on any atom is 0.142 e. The molecule has 1 aliphatic heterocycles. The van der Waals surface area contributed by atoms with Crippen molar-refractivity contribution in [3.05, 3.63) is 58.8 Å². The van der Waals surface area contributed by atoms with Crippen molar-refractivity contribution in [3.63, 3.8) is 0 Å². The largest absolute Gasteiger partial charge is 0.349 e. The van der Waals surface area contributed by atoms with Crippen LogP contribution in [0.4, 0.5) is 14.6 Å². The molecular weight excluding hydrogens is 272 g/mol. The van der Waals surface area contributed by atoms with E-state index in [0.717, 1.165) is 6.07 Å². The molecule has 1 aromatic heterocycles. The standard InChI is InChI=1S/C16H13F2N3/c1-10-14-7-11(17)8-15(18)13(14)5-6-21(10)16-4-2-3-12(9-19)20-16/h2-4,7-8,10H,5-6H2,1H3. The zero-order chi connectivity index (χ0) is 15.0. The minimum absolute atomic E-state index is 0.194. The molecule has 0 radical (unpaired) electrons. The molecule has 1 aromatic carbocycles. The normalized spacial score (nSPS) is 17.2. The van der Waals surface area contributed by atoms with Crippen LogP contribution >= 0.6 is 0 Å². The van der Waals surface area contributed by atoms with E-state index in [4.69, 9.17) is 5.26 Å². The van der Waals surface area contributed by atoms with Gasteiger partial charge in [0.05, 0.1) is 6.04 Å². The van der Waals surface area contributed by atoms with E-state index in [2.05, 4.69) is 4.98 Å². The van der Waals surface area contributed by atoms with Crippen LogP contribution in [0.2, 0.25) is 0 Å². The van der Waals surface area contributed by atoms with Crippen LogP contribution in [-0.4, -0.2) is 11.5 Å². The fourth-order valence-electron chi connectivity index (χ4n) is 2.81. The van der Waals surface area contributed by atoms with E-state index in [1.54, 1.807) is 18.2 Å². The summed E-state index contributed by atoms with van der Waals surface area (Å²) in [6, 6.07) is 9.30. The number of hydrogen-bond acceptors (Lipinski definition) is 3. The average molecular weight is 285 g/mol. The lowest BCUT2D eigenvalue weighted by atomic mass is 9.93. The summed E-state index contributed by atoms with van der Waals surface area (Å²) in [6.07, 6.45) is 0.490. The second-order valence-corrected chi connectivity index (χ2v) is 5.07. The number of nitriles is 1. The van der Waals surface area contributed by atoms with Gasteiger partial charge in [-0.15, -0.1) is 0 Å². The second kappa shape index (κ2) is 5.13. The van der Waals surface area contributed by atoms with Crippen LogP contribution in [0.5, 0.6) is 0 Å². The fraction of sp³-hybridized carbons (Fsp3) is 0.250. The van der Waals surface area contributed by atoms with E-state index >= 15 is 0 Å². The Balaban J connectivity index is 2.02. The Morgan fingerprint density at radius 3 is 2.90 bits per heavy atom. The van der Waals surface area contributed by atoms with Gasteiger partial charge in [0.1, 0.15) is 29.2 Å². The Morgan fingerprint density at radius 2 is 2.14 bits per heavy atom. The molecule has 0 aliphatic carbocycles. The van der Waals surface area contributed by atoms with Gasteiger partial charge in [0, 0.05) is 12.6 Å². The molecule has 0 fully saturated rings. The smallest absolute Gasteiger partial charge is 0.142 e. The van der Waals surface area contributed by atoms with Gasteiger partial charge in [-0.2, -0.15) is 5.26 Å². The Bertz CT molecular complexity index is 737. The van der Waals surface area contributed by atoms with Crippen LogP contribution in [0, 0.1) is 23.0 Å². The van der Waals surface area contributed by atoms with Gasteiger partial charge in [-0.1, -0.05) is 6.07 Å². The molecule has 0 N–H and O–H groups in total. The summed E-state index contributed by atoms with van der Waals surface area (Å²) in [6.45, 7) is 2.47. The third-order valence-corrected chi connectivity index (χ3v) is 3.86. The molecule has 0 saturated heterocycles. The van der Waals surface area contributed by atoms with E-state index in [-0.39, 0.29) is 6.04 Å². The quantitative estimate of drug-likeness (QED) is 0.806. The van der Waals surface area contributed by atoms with Crippen LogP contribution in [0.1, 0.15) is 29.8 Å². The van der Waals surface area contributed by atoms with E-state index < -0.39 is 11.6 Å². The maximum atomic E-state index is 13.8. The topological polar surface area (TPSA) is 39.9 Å². The van der Waals surface area contributed by atoms with Gasteiger partial charge < -0.3 is 4.90 Å². The molecule has 21 heavy (non-hydrogen) atoms. The molecule has 5 heteroatoms. The van der Waals surface area contributed by atoms with Crippen molar-refractivity contribution in [1.82, 2.24) is 4.98 Å². The minimum atomic E-state index is -0.571. The molecule has 2 aromatic rings. The average Bonchev–Trinajstić information content (AvgIpc) is 2.48. The van der Waals surface area contributed by atoms with Crippen molar-refractivity contribution in [2.45, 2.75) is 19.4 Å². The van der Waals surface area contributed by atoms with Crippen LogP contribution < -0.4 is 4.90 Å². The van der Waals surface area contributed by atoms with Crippen molar-refractivity contribution in [2.24, 2.45) is 0 Å². The van der Waals surface area contributed by atoms with Crippen LogP contribution in [-0.2, 0) is 6.42 Å². The van der Waals surface area contributed by atoms with Gasteiger partial charge in [-0.25, -0.2) is 13.8 Å². The van der Waals surface area contributed by atoms with Gasteiger partial charge in [0.15, 0.2) is 0 Å². The summed E-state index contributed by atoms with van der Waals surface area (Å²) in [7, 11) is 0. The Hall–Kier alpha value is -2.48. The maximum absolute atomic E-state index is 13.8. The third kappa shape index (κ3) is 2.33. The Kier molecular flexibility index (Phi) is 3.30. The summed E-state index contributed by atoms with van der Waals surface area (Å²) < 4.78 is 27.3. The summed E-state index contributed by atoms with van der Waals surface area (Å²) in [5, 5.41) is 8.93. The lowest BCUT2D eigenvalue weighted by Crippen LogP contribution is -2.35. The number of benzene rings is 1. The predicted molar refractivity (Wildman–Crippen MR) is 74.8 cm³/mol. The number of pyridine rings is 1. The molecule has 0 spiro atoms. The van der Waals surface area contributed by atoms with Crippen LogP contribution in [0.3, 0.4) is 0 Å². The highest BCUT2D eigenvalue weighted by atomic mass is 19.1. The molecule has 1 atom stereocenters. The van der Waals surface area contributed by atoms with Crippen molar-refractivity contribution < 1.29 is 8.78 Å². The number of halogens is 2. The van der Waals surface area contributed by atoms with Gasteiger partial charge >= 0.3 is 0 Å². The first kappa shape index (κ1) is 13.5. The highest BCUT2D eigenvalue weighted by Gasteiger charge is 2.27. The molecule has 3 rings (SSSR count). The Labute approximate surface area is 121 Å². The molecule has 3 nitrogen and oxygen atoms in total. The van der Waals surface area contributed by atoms with Crippen molar-refractivity contribution in [2.75, 3.05) is 11.4 Å². The molecule has 0 amide bonds. The van der Waals surface area contributed by atoms with Crippen LogP contribution in [0.15, 0.2) is 30.3 Å². The Morgan fingerprint density at radius 1 is 1.33 bits per heavy atom. The number of rotatable bonds is 1. The molecular formula is C16H13F2N3. The van der Waals surface area contributed by atoms with Gasteiger partial charge in [0.2, 0.25) is 0 Å². The third-order valence-electron chi connectivity index (χ3n) is 3.86. The zero-order valence-electron chi connectivity index (χ0n) is 11.5. The SMILES string of the molecule is CC1c2cc(F)cc(F)c2CCN1c1cccc(C#N)n1. The number of aromatic nitrogens is 1. The molecule has 0 bridgehead atoms. The zero-order valence-corrected chi connectivity index (χ0v) is 11.5. The van der Waals surface area contributed by atoms with Crippen molar-refractivity contribution in [3.8, 4) is 6.07 Å². The summed E-state index contributed by atoms with van der Waals surface area (Å²) in [4.78, 5) is 6.22. The van der Waals surface area contributed by atoms with E-state index in [1.165, 1.54) is 6.07 Å². The summed E-state index contributed by atoms with van der Waals surface area (Å²) in [5.41, 5.74) is 1.54. The lowest BCUT2D eigenvalue weighted by molar-refractivity contribution is 0.534. The number of anilines is 1.